The molecule has 1 fully saturated rings. The normalized spacial score (nSPS) is 19.8. The average Bonchev–Trinajstić information content (AvgIpc) is 3.03. The lowest BCUT2D eigenvalue weighted by Gasteiger charge is -2.23. The first-order valence-corrected chi connectivity index (χ1v) is 7.64. The van der Waals surface area contributed by atoms with Gasteiger partial charge in [-0.15, -0.1) is 0 Å². The quantitative estimate of drug-likeness (QED) is 0.878. The number of H-pyrrole nitrogens is 1. The van der Waals surface area contributed by atoms with Gasteiger partial charge in [0.15, 0.2) is 4.77 Å². The lowest BCUT2D eigenvalue weighted by molar-refractivity contribution is 0.245. The highest BCUT2D eigenvalue weighted by Gasteiger charge is 2.24. The average molecular weight is 291 g/mol. The van der Waals surface area contributed by atoms with Crippen molar-refractivity contribution >= 4 is 23.3 Å². The van der Waals surface area contributed by atoms with Crippen LogP contribution in [0.25, 0.3) is 11.0 Å². The van der Waals surface area contributed by atoms with Crippen LogP contribution in [0.4, 0.5) is 0 Å². The Labute approximate surface area is 124 Å². The molecule has 1 aromatic heterocycles. The molecule has 0 amide bonds. The molecule has 1 N–H and O–H groups in total. The van der Waals surface area contributed by atoms with E-state index in [1.54, 1.807) is 7.11 Å². The lowest BCUT2D eigenvalue weighted by Crippen LogP contribution is -2.32. The summed E-state index contributed by atoms with van der Waals surface area (Å²) in [5.41, 5.74) is 2.22. The molecule has 20 heavy (non-hydrogen) atoms. The highest BCUT2D eigenvalue weighted by molar-refractivity contribution is 7.71. The molecule has 2 heterocycles. The summed E-state index contributed by atoms with van der Waals surface area (Å²) in [7, 11) is 1.68. The molecule has 0 aliphatic carbocycles. The number of aromatic amines is 1. The molecule has 0 bridgehead atoms. The summed E-state index contributed by atoms with van der Waals surface area (Å²) in [5.74, 6) is 0.858. The second kappa shape index (κ2) is 5.58. The molecule has 4 nitrogen and oxygen atoms in total. The Morgan fingerprint density at radius 3 is 3.05 bits per heavy atom. The SMILES string of the molecule is CCN1CCCC1Cn1c(=S)[nH]c2cc(OC)ccc21. The number of hydrogen-bond acceptors (Lipinski definition) is 3. The van der Waals surface area contributed by atoms with Gasteiger partial charge in [-0.05, 0) is 50.3 Å². The number of imidazole rings is 1. The number of benzene rings is 1. The largest absolute Gasteiger partial charge is 0.497 e. The molecule has 2 aromatic rings. The number of nitrogens with one attached hydrogen (secondary N) is 1. The fourth-order valence-electron chi connectivity index (χ4n) is 3.18. The van der Waals surface area contributed by atoms with Gasteiger partial charge in [-0.1, -0.05) is 6.92 Å². The van der Waals surface area contributed by atoms with Crippen molar-refractivity contribution in [3.63, 3.8) is 0 Å². The molecular weight excluding hydrogens is 270 g/mol. The van der Waals surface area contributed by atoms with Crippen LogP contribution in [-0.2, 0) is 6.54 Å². The molecule has 1 aliphatic heterocycles. The van der Waals surface area contributed by atoms with Crippen LogP contribution in [0.3, 0.4) is 0 Å². The van der Waals surface area contributed by atoms with Crippen molar-refractivity contribution in [3.05, 3.63) is 23.0 Å². The number of hydrogen-bond donors (Lipinski definition) is 1. The van der Waals surface area contributed by atoms with Crippen molar-refractivity contribution in [2.75, 3.05) is 20.2 Å². The van der Waals surface area contributed by atoms with Crippen LogP contribution in [0.1, 0.15) is 19.8 Å². The second-order valence-electron chi connectivity index (χ2n) is 5.35. The van der Waals surface area contributed by atoms with Crippen LogP contribution in [0.15, 0.2) is 18.2 Å². The minimum absolute atomic E-state index is 0.604. The smallest absolute Gasteiger partial charge is 0.178 e. The van der Waals surface area contributed by atoms with Gasteiger partial charge in [0.1, 0.15) is 5.75 Å². The first kappa shape index (κ1) is 13.6. The Kier molecular flexibility index (Phi) is 3.81. The number of likely N-dealkylation sites (tertiary alicyclic amines) is 1. The topological polar surface area (TPSA) is 33.2 Å². The van der Waals surface area contributed by atoms with Gasteiger partial charge >= 0.3 is 0 Å². The van der Waals surface area contributed by atoms with Crippen LogP contribution < -0.4 is 4.74 Å². The summed E-state index contributed by atoms with van der Waals surface area (Å²) in [6, 6.07) is 6.69. The zero-order valence-corrected chi connectivity index (χ0v) is 12.9. The van der Waals surface area contributed by atoms with E-state index in [2.05, 4.69) is 27.4 Å². The molecule has 0 spiro atoms. The molecule has 1 saturated heterocycles. The molecule has 1 unspecified atom stereocenters. The molecule has 3 rings (SSSR count). The van der Waals surface area contributed by atoms with E-state index in [-0.39, 0.29) is 0 Å². The third-order valence-corrected chi connectivity index (χ3v) is 4.60. The zero-order chi connectivity index (χ0) is 14.1. The number of methoxy groups -OCH3 is 1. The summed E-state index contributed by atoms with van der Waals surface area (Å²) in [5, 5.41) is 0. The maximum Gasteiger partial charge on any atom is 0.178 e. The van der Waals surface area contributed by atoms with Gasteiger partial charge in [0.25, 0.3) is 0 Å². The number of ether oxygens (including phenoxy) is 1. The molecule has 1 aliphatic rings. The van der Waals surface area contributed by atoms with Gasteiger partial charge in [0.2, 0.25) is 0 Å². The standard InChI is InChI=1S/C15H21N3OS/c1-3-17-8-4-5-11(17)10-18-14-7-6-12(19-2)9-13(14)16-15(18)20/h6-7,9,11H,3-5,8,10H2,1-2H3,(H,16,20). The summed E-state index contributed by atoms with van der Waals surface area (Å²) in [4.78, 5) is 5.83. The first-order chi connectivity index (χ1) is 9.72. The first-order valence-electron chi connectivity index (χ1n) is 7.23. The Bertz CT molecular complexity index is 661. The third-order valence-electron chi connectivity index (χ3n) is 4.28. The number of rotatable bonds is 4. The van der Waals surface area contributed by atoms with Crippen molar-refractivity contribution in [2.45, 2.75) is 32.4 Å². The number of fused-ring (bicyclic) bond motifs is 1. The summed E-state index contributed by atoms with van der Waals surface area (Å²) in [6.45, 7) is 5.54. The number of likely N-dealkylation sites (N-methyl/N-ethyl adjacent to an activating group) is 1. The maximum absolute atomic E-state index is 5.49. The van der Waals surface area contributed by atoms with E-state index in [9.17, 15) is 0 Å². The van der Waals surface area contributed by atoms with Gasteiger partial charge in [-0.25, -0.2) is 0 Å². The second-order valence-corrected chi connectivity index (χ2v) is 5.74. The Morgan fingerprint density at radius 1 is 1.45 bits per heavy atom. The molecule has 0 saturated carbocycles. The fraction of sp³-hybridized carbons (Fsp3) is 0.533. The Hall–Kier alpha value is -1.33. The van der Waals surface area contributed by atoms with Gasteiger partial charge < -0.3 is 14.3 Å². The summed E-state index contributed by atoms with van der Waals surface area (Å²) < 4.78 is 8.29. The third kappa shape index (κ3) is 2.36. The molecule has 5 heteroatoms. The summed E-state index contributed by atoms with van der Waals surface area (Å²) in [6.07, 6.45) is 2.56. The van der Waals surface area contributed by atoms with E-state index in [1.165, 1.54) is 24.9 Å². The zero-order valence-electron chi connectivity index (χ0n) is 12.1. The van der Waals surface area contributed by atoms with E-state index in [1.807, 2.05) is 12.1 Å². The van der Waals surface area contributed by atoms with Crippen molar-refractivity contribution in [2.24, 2.45) is 0 Å². The minimum Gasteiger partial charge on any atom is -0.497 e. The highest BCUT2D eigenvalue weighted by Crippen LogP contribution is 2.24. The van der Waals surface area contributed by atoms with Gasteiger partial charge in [0.05, 0.1) is 18.1 Å². The van der Waals surface area contributed by atoms with Crippen molar-refractivity contribution in [3.8, 4) is 5.75 Å². The predicted octanol–water partition coefficient (Wildman–Crippen LogP) is 3.19. The molecule has 0 radical (unpaired) electrons. The van der Waals surface area contributed by atoms with E-state index in [0.717, 1.165) is 29.1 Å². The van der Waals surface area contributed by atoms with Gasteiger partial charge in [-0.3, -0.25) is 4.90 Å². The lowest BCUT2D eigenvalue weighted by atomic mass is 10.2. The predicted molar refractivity (Wildman–Crippen MR) is 83.9 cm³/mol. The maximum atomic E-state index is 5.49. The van der Waals surface area contributed by atoms with Gasteiger partial charge in [0, 0.05) is 18.7 Å². The van der Waals surface area contributed by atoms with Crippen LogP contribution in [0.5, 0.6) is 5.75 Å². The van der Waals surface area contributed by atoms with E-state index < -0.39 is 0 Å². The summed E-state index contributed by atoms with van der Waals surface area (Å²) >= 11 is 5.49. The Balaban J connectivity index is 1.95. The van der Waals surface area contributed by atoms with E-state index in [0.29, 0.717) is 6.04 Å². The van der Waals surface area contributed by atoms with Crippen LogP contribution in [0, 0.1) is 4.77 Å². The number of aromatic nitrogens is 2. The van der Waals surface area contributed by atoms with Gasteiger partial charge in [-0.2, -0.15) is 0 Å². The van der Waals surface area contributed by atoms with Crippen LogP contribution >= 0.6 is 12.2 Å². The molecule has 1 atom stereocenters. The molecule has 108 valence electrons. The highest BCUT2D eigenvalue weighted by atomic mass is 32.1. The number of nitrogens with zero attached hydrogens (tertiary/aromatic N) is 2. The van der Waals surface area contributed by atoms with Crippen molar-refractivity contribution in [1.82, 2.24) is 14.5 Å². The minimum atomic E-state index is 0.604. The monoisotopic (exact) mass is 291 g/mol. The van der Waals surface area contributed by atoms with Crippen LogP contribution in [-0.4, -0.2) is 40.7 Å². The molecular formula is C15H21N3OS. The van der Waals surface area contributed by atoms with Crippen LogP contribution in [0.2, 0.25) is 0 Å². The van der Waals surface area contributed by atoms with Crippen molar-refractivity contribution < 1.29 is 4.74 Å². The van der Waals surface area contributed by atoms with E-state index >= 15 is 0 Å². The molecule has 1 aromatic carbocycles. The van der Waals surface area contributed by atoms with E-state index in [4.69, 9.17) is 17.0 Å². The fourth-order valence-corrected chi connectivity index (χ4v) is 3.46. The van der Waals surface area contributed by atoms with Crippen molar-refractivity contribution in [1.29, 1.82) is 0 Å². The Morgan fingerprint density at radius 2 is 2.30 bits per heavy atom.